The summed E-state index contributed by atoms with van der Waals surface area (Å²) in [5.41, 5.74) is 0. The molecule has 0 aromatic heterocycles. The molecule has 0 aliphatic rings. The van der Waals surface area contributed by atoms with Gasteiger partial charge < -0.3 is 33.9 Å². The number of carbonyl (C=O) groups excluding carboxylic acids is 2. The summed E-state index contributed by atoms with van der Waals surface area (Å²) in [7, 11) is -5.33. The number of rotatable bonds is 5. The fraction of sp³-hybridized carbons (Fsp3) is 0.500. The maximum absolute atomic E-state index is 10.4. The summed E-state index contributed by atoms with van der Waals surface area (Å²) in [5, 5.41) is 18.2. The Morgan fingerprint density at radius 1 is 1.46 bits per heavy atom. The molecule has 0 unspecified atom stereocenters. The lowest BCUT2D eigenvalue weighted by molar-refractivity contribution is -0.341. The zero-order valence-corrected chi connectivity index (χ0v) is 6.93. The molecule has 1 N–H and O–H groups in total. The van der Waals surface area contributed by atoms with E-state index in [1.807, 2.05) is 0 Å². The Kier molecular flexibility index (Phi) is 4.18. The number of Topliss-reactive ketones (excluding diaryl/α,β-unsaturated/α-hetero) is 1. The lowest BCUT2D eigenvalue weighted by atomic mass is 10.2. The Labute approximate surface area is 72.0 Å². The number of hydrogen-bond donors (Lipinski definition) is 1. The van der Waals surface area contributed by atoms with Crippen LogP contribution in [0.2, 0.25) is 0 Å². The highest BCUT2D eigenvalue weighted by atomic mass is 31.2. The summed E-state index contributed by atoms with van der Waals surface area (Å²) < 4.78 is 13.2. The molecule has 0 saturated carbocycles. The van der Waals surface area contributed by atoms with E-state index in [2.05, 4.69) is 4.52 Å². The van der Waals surface area contributed by atoms with Gasteiger partial charge in [-0.25, -0.2) is 0 Å². The molecule has 8 nitrogen and oxygen atoms in total. The molecule has 0 fully saturated rings. The zero-order valence-electron chi connectivity index (χ0n) is 6.04. The van der Waals surface area contributed by atoms with Gasteiger partial charge in [0.05, 0.1) is 13.8 Å². The fourth-order valence-corrected chi connectivity index (χ4v) is 0.638. The number of carbonyl (C=O) groups is 2. The average Bonchev–Trinajstić information content (AvgIpc) is 1.97. The third kappa shape index (κ3) is 5.45. The van der Waals surface area contributed by atoms with Crippen LogP contribution in [0.3, 0.4) is 0 Å². The first-order valence-corrected chi connectivity index (χ1v) is 4.28. The number of carboxylic acid groups (broad SMARTS) is 1. The minimum atomic E-state index is -5.33. The Morgan fingerprint density at radius 3 is 2.23 bits per heavy atom. The van der Waals surface area contributed by atoms with E-state index in [1.54, 1.807) is 0 Å². The quantitative estimate of drug-likeness (QED) is 0.353. The topological polar surface area (TPSA) is 150 Å². The van der Waals surface area contributed by atoms with Gasteiger partial charge in [-0.2, -0.15) is 0 Å². The summed E-state index contributed by atoms with van der Waals surface area (Å²) in [6, 6.07) is 0. The van der Waals surface area contributed by atoms with Crippen molar-refractivity contribution >= 4 is 19.6 Å². The van der Waals surface area contributed by atoms with Gasteiger partial charge in [0.2, 0.25) is 0 Å². The lowest BCUT2D eigenvalue weighted by Crippen LogP contribution is -2.42. The number of carboxylic acids is 1. The van der Waals surface area contributed by atoms with E-state index in [-0.39, 0.29) is 0 Å². The number of hydrogen-bond acceptors (Lipinski definition) is 8. The molecule has 0 amide bonds. The van der Waals surface area contributed by atoms with Crippen LogP contribution in [0.15, 0.2) is 0 Å². The van der Waals surface area contributed by atoms with Gasteiger partial charge in [-0.15, -0.1) is 0 Å². The van der Waals surface area contributed by atoms with Gasteiger partial charge >= 0.3 is 0 Å². The van der Waals surface area contributed by atoms with E-state index in [9.17, 15) is 29.0 Å². The summed E-state index contributed by atoms with van der Waals surface area (Å²) in [5.74, 6) is -3.58. The van der Waals surface area contributed by atoms with Crippen LogP contribution in [0, 0.1) is 0 Å². The SMILES string of the molecule is O=C([O-])[C@@H](O)C(=O)COP(=O)([O-])[O-]. The average molecular weight is 211 g/mol. The molecule has 0 bridgehead atoms. The predicted octanol–water partition coefficient (Wildman–Crippen LogP) is -4.49. The van der Waals surface area contributed by atoms with E-state index in [0.717, 1.165) is 0 Å². The van der Waals surface area contributed by atoms with E-state index in [1.165, 1.54) is 0 Å². The highest BCUT2D eigenvalue weighted by molar-refractivity contribution is 7.43. The molecule has 0 saturated heterocycles. The molecule has 0 aromatic carbocycles. The number of aliphatic hydroxyl groups is 1. The molecule has 0 aromatic rings. The minimum absolute atomic E-state index is 1.32. The van der Waals surface area contributed by atoms with Crippen LogP contribution >= 0.6 is 7.82 Å². The Balaban J connectivity index is 4.03. The van der Waals surface area contributed by atoms with Crippen molar-refractivity contribution in [2.45, 2.75) is 6.10 Å². The van der Waals surface area contributed by atoms with Crippen molar-refractivity contribution in [1.29, 1.82) is 0 Å². The van der Waals surface area contributed by atoms with Crippen molar-refractivity contribution in [2.75, 3.05) is 6.61 Å². The Bertz CT molecular complexity index is 253. The van der Waals surface area contributed by atoms with Crippen molar-refractivity contribution in [2.24, 2.45) is 0 Å². The summed E-state index contributed by atoms with van der Waals surface area (Å²) >= 11 is 0. The maximum atomic E-state index is 10.4. The van der Waals surface area contributed by atoms with E-state index in [0.29, 0.717) is 0 Å². The molecular formula is C4H4O8P-3. The molecule has 0 spiro atoms. The number of aliphatic hydroxyl groups excluding tert-OH is 1. The van der Waals surface area contributed by atoms with Crippen molar-refractivity contribution in [3.05, 3.63) is 0 Å². The molecule has 13 heavy (non-hydrogen) atoms. The third-order valence-electron chi connectivity index (χ3n) is 0.893. The lowest BCUT2D eigenvalue weighted by Gasteiger charge is -2.28. The molecule has 0 aliphatic carbocycles. The molecule has 0 rings (SSSR count). The summed E-state index contributed by atoms with van der Waals surface area (Å²) in [6.45, 7) is -1.32. The van der Waals surface area contributed by atoms with Crippen molar-refractivity contribution in [3.8, 4) is 0 Å². The maximum Gasteiger partial charge on any atom is 0.192 e. The van der Waals surface area contributed by atoms with Gasteiger partial charge in [0.25, 0.3) is 0 Å². The summed E-state index contributed by atoms with van der Waals surface area (Å²) in [6.07, 6.45) is -2.49. The van der Waals surface area contributed by atoms with E-state index < -0.39 is 32.3 Å². The van der Waals surface area contributed by atoms with Crippen LogP contribution in [0.1, 0.15) is 0 Å². The fourth-order valence-electron chi connectivity index (χ4n) is 0.353. The molecule has 1 atom stereocenters. The van der Waals surface area contributed by atoms with Crippen LogP contribution in [-0.2, 0) is 18.7 Å². The molecule has 9 heteroatoms. The number of ketones is 1. The van der Waals surface area contributed by atoms with Crippen LogP contribution in [-0.4, -0.2) is 29.6 Å². The highest BCUT2D eigenvalue weighted by Gasteiger charge is 2.16. The predicted molar refractivity (Wildman–Crippen MR) is 29.6 cm³/mol. The second-order valence-corrected chi connectivity index (χ2v) is 3.06. The van der Waals surface area contributed by atoms with Crippen LogP contribution < -0.4 is 14.9 Å². The van der Waals surface area contributed by atoms with Crippen LogP contribution in [0.25, 0.3) is 0 Å². The second kappa shape index (κ2) is 4.45. The van der Waals surface area contributed by atoms with Crippen molar-refractivity contribution in [1.82, 2.24) is 0 Å². The van der Waals surface area contributed by atoms with Gasteiger partial charge in [-0.1, -0.05) is 0 Å². The first-order valence-electron chi connectivity index (χ1n) is 2.82. The second-order valence-electron chi connectivity index (χ2n) is 1.91. The largest absolute Gasteiger partial charge is 0.790 e. The van der Waals surface area contributed by atoms with Gasteiger partial charge in [0.1, 0.15) is 6.61 Å². The standard InChI is InChI=1S/C4H7O8P/c5-2(3(6)4(7)8)1-12-13(9,10)11/h3,6H,1H2,(H,7,8)(H2,9,10,11)/p-3/t3-/m0/s1. The summed E-state index contributed by atoms with van der Waals surface area (Å²) in [4.78, 5) is 39.8. The van der Waals surface area contributed by atoms with Gasteiger partial charge in [-0.3, -0.25) is 4.79 Å². The highest BCUT2D eigenvalue weighted by Crippen LogP contribution is 2.23. The molecular weight excluding hydrogens is 207 g/mol. The Hall–Kier alpha value is -0.790. The van der Waals surface area contributed by atoms with Gasteiger partial charge in [0.15, 0.2) is 11.9 Å². The van der Waals surface area contributed by atoms with Crippen LogP contribution in [0.4, 0.5) is 0 Å². The Morgan fingerprint density at radius 2 is 1.92 bits per heavy atom. The monoisotopic (exact) mass is 211 g/mol. The molecule has 76 valence electrons. The van der Waals surface area contributed by atoms with Crippen molar-refractivity contribution < 1.29 is 38.7 Å². The van der Waals surface area contributed by atoms with Gasteiger partial charge in [-0.05, 0) is 0 Å². The normalized spacial score (nSPS) is 13.8. The molecule has 0 aliphatic heterocycles. The van der Waals surface area contributed by atoms with Gasteiger partial charge in [0, 0.05) is 0 Å². The smallest absolute Gasteiger partial charge is 0.192 e. The minimum Gasteiger partial charge on any atom is -0.790 e. The van der Waals surface area contributed by atoms with E-state index in [4.69, 9.17) is 5.11 Å². The first-order chi connectivity index (χ1) is 5.74. The first kappa shape index (κ1) is 12.2. The number of phosphoric ester groups is 1. The zero-order chi connectivity index (χ0) is 10.6. The van der Waals surface area contributed by atoms with Crippen LogP contribution in [0.5, 0.6) is 0 Å². The number of phosphoric acid groups is 1. The van der Waals surface area contributed by atoms with E-state index >= 15 is 0 Å². The molecule has 0 heterocycles. The third-order valence-corrected chi connectivity index (χ3v) is 1.34. The molecule has 0 radical (unpaired) electrons. The van der Waals surface area contributed by atoms with Crippen molar-refractivity contribution in [3.63, 3.8) is 0 Å². The number of aliphatic carboxylic acids is 1.